The predicted molar refractivity (Wildman–Crippen MR) is 77.3 cm³/mol. The normalized spacial score (nSPS) is 19.6. The molecule has 1 heterocycles. The molecule has 0 radical (unpaired) electrons. The maximum absolute atomic E-state index is 13.6. The largest absolute Gasteiger partial charge is 0.311 e. The van der Waals surface area contributed by atoms with Gasteiger partial charge in [0.25, 0.3) is 0 Å². The van der Waals surface area contributed by atoms with E-state index in [1.807, 2.05) is 6.92 Å². The number of hydrogen-bond acceptors (Lipinski definition) is 3. The molecule has 1 aromatic rings. The highest BCUT2D eigenvalue weighted by Crippen LogP contribution is 2.14. The Balaban J connectivity index is 1.87. The van der Waals surface area contributed by atoms with Gasteiger partial charge in [0.1, 0.15) is 5.82 Å². The molecule has 1 unspecified atom stereocenters. The minimum Gasteiger partial charge on any atom is -0.311 e. The van der Waals surface area contributed by atoms with E-state index >= 15 is 0 Å². The van der Waals surface area contributed by atoms with E-state index in [1.165, 1.54) is 11.8 Å². The van der Waals surface area contributed by atoms with Crippen molar-refractivity contribution in [3.05, 3.63) is 34.6 Å². The van der Waals surface area contributed by atoms with E-state index in [1.54, 1.807) is 12.1 Å². The molecule has 1 aromatic carbocycles. The van der Waals surface area contributed by atoms with E-state index in [0.29, 0.717) is 17.1 Å². The van der Waals surface area contributed by atoms with E-state index in [0.717, 1.165) is 25.9 Å². The van der Waals surface area contributed by atoms with Crippen LogP contribution in [-0.2, 0) is 6.54 Å². The first-order valence-corrected chi connectivity index (χ1v) is 6.96. The van der Waals surface area contributed by atoms with Crippen LogP contribution in [0, 0.1) is 5.82 Å². The monoisotopic (exact) mass is 283 g/mol. The molecule has 104 valence electrons. The van der Waals surface area contributed by atoms with Crippen molar-refractivity contribution in [3.63, 3.8) is 0 Å². The van der Waals surface area contributed by atoms with Crippen LogP contribution < -0.4 is 10.6 Å². The van der Waals surface area contributed by atoms with Gasteiger partial charge < -0.3 is 5.32 Å². The van der Waals surface area contributed by atoms with E-state index in [-0.39, 0.29) is 12.0 Å². The van der Waals surface area contributed by atoms with Crippen molar-refractivity contribution in [3.8, 4) is 0 Å². The van der Waals surface area contributed by atoms with Crippen LogP contribution in [-0.4, -0.2) is 25.0 Å². The van der Waals surface area contributed by atoms with Crippen LogP contribution in [0.3, 0.4) is 0 Å². The molecular weight excluding hydrogens is 265 g/mol. The van der Waals surface area contributed by atoms with Gasteiger partial charge >= 0.3 is 0 Å². The molecule has 1 fully saturated rings. The summed E-state index contributed by atoms with van der Waals surface area (Å²) >= 11 is 5.72. The summed E-state index contributed by atoms with van der Waals surface area (Å²) in [5, 5.41) is 6.92. The number of benzene rings is 1. The Morgan fingerprint density at radius 3 is 3.05 bits per heavy atom. The lowest BCUT2D eigenvalue weighted by molar-refractivity contribution is 0.537. The summed E-state index contributed by atoms with van der Waals surface area (Å²) in [4.78, 5) is 4.59. The third kappa shape index (κ3) is 4.56. The van der Waals surface area contributed by atoms with Crippen LogP contribution in [0.1, 0.15) is 25.3 Å². The molecule has 0 aliphatic carbocycles. The Bertz CT molecular complexity index is 454. The average molecular weight is 284 g/mol. The fourth-order valence-electron chi connectivity index (χ4n) is 2.09. The molecule has 0 aromatic heterocycles. The predicted octanol–water partition coefficient (Wildman–Crippen LogP) is 2.74. The molecular formula is C14H19ClFN3. The minimum atomic E-state index is -0.279. The second-order valence-corrected chi connectivity index (χ2v) is 5.20. The number of piperidine rings is 1. The van der Waals surface area contributed by atoms with Gasteiger partial charge in [-0.25, -0.2) is 4.39 Å². The summed E-state index contributed by atoms with van der Waals surface area (Å²) in [5.74, 6) is -0.279. The Kier molecular flexibility index (Phi) is 5.31. The molecule has 2 N–H and O–H groups in total. The van der Waals surface area contributed by atoms with Crippen LogP contribution in [0.25, 0.3) is 0 Å². The van der Waals surface area contributed by atoms with Crippen molar-refractivity contribution >= 4 is 17.3 Å². The lowest BCUT2D eigenvalue weighted by Gasteiger charge is -2.17. The SMILES string of the molecule is CC(/N=C1/CCCNC1)NCc1ccc(Cl)cc1F. The van der Waals surface area contributed by atoms with Gasteiger partial charge in [-0.2, -0.15) is 0 Å². The lowest BCUT2D eigenvalue weighted by atomic mass is 10.1. The molecule has 1 saturated heterocycles. The number of nitrogens with zero attached hydrogens (tertiary/aromatic N) is 1. The fraction of sp³-hybridized carbons (Fsp3) is 0.500. The Labute approximate surface area is 118 Å². The first-order valence-electron chi connectivity index (χ1n) is 6.59. The standard InChI is InChI=1S/C14H19ClFN3/c1-10(19-13-3-2-6-17-9-13)18-8-11-4-5-12(15)7-14(11)16/h4-5,7,10,17-18H,2-3,6,8-9H2,1H3/b19-13-. The molecule has 2 rings (SSSR count). The van der Waals surface area contributed by atoms with Crippen LogP contribution in [0.5, 0.6) is 0 Å². The third-order valence-corrected chi connectivity index (χ3v) is 3.36. The van der Waals surface area contributed by atoms with Crippen molar-refractivity contribution in [2.24, 2.45) is 4.99 Å². The zero-order chi connectivity index (χ0) is 13.7. The summed E-state index contributed by atoms with van der Waals surface area (Å²) in [6.45, 7) is 4.36. The van der Waals surface area contributed by atoms with Gasteiger partial charge in [-0.1, -0.05) is 17.7 Å². The first kappa shape index (κ1) is 14.4. The molecule has 19 heavy (non-hydrogen) atoms. The van der Waals surface area contributed by atoms with Crippen molar-refractivity contribution in [1.29, 1.82) is 0 Å². The second kappa shape index (κ2) is 6.98. The van der Waals surface area contributed by atoms with Crippen molar-refractivity contribution in [2.45, 2.75) is 32.5 Å². The van der Waals surface area contributed by atoms with Crippen LogP contribution >= 0.6 is 11.6 Å². The second-order valence-electron chi connectivity index (χ2n) is 4.77. The van der Waals surface area contributed by atoms with E-state index < -0.39 is 0 Å². The zero-order valence-corrected chi connectivity index (χ0v) is 11.8. The molecule has 5 heteroatoms. The Morgan fingerprint density at radius 2 is 2.37 bits per heavy atom. The molecule has 0 spiro atoms. The highest BCUT2D eigenvalue weighted by molar-refractivity contribution is 6.30. The molecule has 1 aliphatic rings. The van der Waals surface area contributed by atoms with Gasteiger partial charge in [0.05, 0.1) is 6.17 Å². The molecule has 1 aliphatic heterocycles. The fourth-order valence-corrected chi connectivity index (χ4v) is 2.25. The van der Waals surface area contributed by atoms with Crippen LogP contribution in [0.2, 0.25) is 5.02 Å². The van der Waals surface area contributed by atoms with Gasteiger partial charge in [0.15, 0.2) is 0 Å². The van der Waals surface area contributed by atoms with Crippen molar-refractivity contribution < 1.29 is 4.39 Å². The smallest absolute Gasteiger partial charge is 0.129 e. The van der Waals surface area contributed by atoms with Crippen molar-refractivity contribution in [1.82, 2.24) is 10.6 Å². The zero-order valence-electron chi connectivity index (χ0n) is 11.0. The molecule has 3 nitrogen and oxygen atoms in total. The van der Waals surface area contributed by atoms with Gasteiger partial charge in [-0.15, -0.1) is 0 Å². The number of hydrogen-bond donors (Lipinski definition) is 2. The topological polar surface area (TPSA) is 36.4 Å². The maximum atomic E-state index is 13.6. The minimum absolute atomic E-state index is 0.00928. The summed E-state index contributed by atoms with van der Waals surface area (Å²) in [6.07, 6.45) is 2.18. The number of aliphatic imine (C=N–C) groups is 1. The number of halogens is 2. The van der Waals surface area contributed by atoms with Crippen LogP contribution in [0.15, 0.2) is 23.2 Å². The number of rotatable bonds is 4. The highest BCUT2D eigenvalue weighted by atomic mass is 35.5. The summed E-state index contributed by atoms with van der Waals surface area (Å²) < 4.78 is 13.6. The van der Waals surface area contributed by atoms with Gasteiger partial charge in [-0.3, -0.25) is 10.3 Å². The molecule has 0 bridgehead atoms. The quantitative estimate of drug-likeness (QED) is 0.891. The summed E-state index contributed by atoms with van der Waals surface area (Å²) in [5.41, 5.74) is 1.79. The Hall–Kier alpha value is -0.970. The van der Waals surface area contributed by atoms with Crippen molar-refractivity contribution in [2.75, 3.05) is 13.1 Å². The van der Waals surface area contributed by atoms with Gasteiger partial charge in [0.2, 0.25) is 0 Å². The maximum Gasteiger partial charge on any atom is 0.129 e. The molecule has 0 amide bonds. The average Bonchev–Trinajstić information content (AvgIpc) is 2.39. The van der Waals surface area contributed by atoms with Crippen LogP contribution in [0.4, 0.5) is 4.39 Å². The lowest BCUT2D eigenvalue weighted by Crippen LogP contribution is -2.33. The molecule has 1 atom stereocenters. The summed E-state index contributed by atoms with van der Waals surface area (Å²) in [6, 6.07) is 4.73. The van der Waals surface area contributed by atoms with E-state index in [2.05, 4.69) is 15.6 Å². The van der Waals surface area contributed by atoms with Gasteiger partial charge in [0, 0.05) is 29.4 Å². The first-order chi connectivity index (χ1) is 9.15. The number of nitrogens with one attached hydrogen (secondary N) is 2. The summed E-state index contributed by atoms with van der Waals surface area (Å²) in [7, 11) is 0. The van der Waals surface area contributed by atoms with Gasteiger partial charge in [-0.05, 0) is 38.4 Å². The van der Waals surface area contributed by atoms with E-state index in [4.69, 9.17) is 11.6 Å². The highest BCUT2D eigenvalue weighted by Gasteiger charge is 2.08. The molecule has 0 saturated carbocycles. The third-order valence-electron chi connectivity index (χ3n) is 3.13. The Morgan fingerprint density at radius 1 is 1.53 bits per heavy atom. The van der Waals surface area contributed by atoms with E-state index in [9.17, 15) is 4.39 Å².